The molecule has 2 saturated heterocycles. The highest BCUT2D eigenvalue weighted by molar-refractivity contribution is 5.70. The Balaban J connectivity index is 1.41. The number of alkyl carbamates (subject to hydrolysis) is 1. The van der Waals surface area contributed by atoms with Gasteiger partial charge in [-0.2, -0.15) is 18.4 Å². The van der Waals surface area contributed by atoms with E-state index < -0.39 is 23.4 Å². The quantitative estimate of drug-likeness (QED) is 0.408. The van der Waals surface area contributed by atoms with Crippen LogP contribution in [0.1, 0.15) is 36.0 Å². The molecule has 2 fully saturated rings. The maximum Gasteiger partial charge on any atom is 0.416 e. The fourth-order valence-electron chi connectivity index (χ4n) is 5.75. The number of pyridine rings is 1. The van der Waals surface area contributed by atoms with Crippen molar-refractivity contribution in [2.75, 3.05) is 45.2 Å². The van der Waals surface area contributed by atoms with Crippen LogP contribution in [0.15, 0.2) is 60.8 Å². The van der Waals surface area contributed by atoms with Crippen LogP contribution in [0, 0.1) is 11.3 Å². The zero-order valence-electron chi connectivity index (χ0n) is 23.4. The summed E-state index contributed by atoms with van der Waals surface area (Å²) < 4.78 is 51.0. The molecule has 1 N–H and O–H groups in total. The molecule has 2 aliphatic heterocycles. The zero-order valence-corrected chi connectivity index (χ0v) is 23.4. The second-order valence-corrected chi connectivity index (χ2v) is 10.7. The number of hydrogen-bond acceptors (Lipinski definition) is 7. The van der Waals surface area contributed by atoms with Gasteiger partial charge in [0.2, 0.25) is 0 Å². The summed E-state index contributed by atoms with van der Waals surface area (Å²) >= 11 is 0. The van der Waals surface area contributed by atoms with Crippen molar-refractivity contribution in [2.45, 2.75) is 37.1 Å². The van der Waals surface area contributed by atoms with Crippen molar-refractivity contribution in [1.82, 2.24) is 15.2 Å². The van der Waals surface area contributed by atoms with Gasteiger partial charge in [-0.15, -0.1) is 0 Å². The summed E-state index contributed by atoms with van der Waals surface area (Å²) in [4.78, 5) is 21.8. The highest BCUT2D eigenvalue weighted by Crippen LogP contribution is 2.38. The number of nitrogens with one attached hydrogen (secondary N) is 1. The number of methoxy groups -OCH3 is 1. The molecule has 0 bridgehead atoms. The molecule has 0 aliphatic carbocycles. The number of nitrogens with zero attached hydrogens (tertiary/aromatic N) is 4. The lowest BCUT2D eigenvalue weighted by molar-refractivity contribution is -0.137. The Hall–Kier alpha value is -4.30. The fourth-order valence-corrected chi connectivity index (χ4v) is 5.75. The number of ether oxygens (including phenoxy) is 2. The van der Waals surface area contributed by atoms with E-state index in [0.717, 1.165) is 36.2 Å². The molecule has 0 unspecified atom stereocenters. The maximum atomic E-state index is 13.2. The Kier molecular flexibility index (Phi) is 8.27. The Morgan fingerprint density at radius 3 is 2.50 bits per heavy atom. The lowest BCUT2D eigenvalue weighted by atomic mass is 9.81. The normalized spacial score (nSPS) is 18.8. The van der Waals surface area contributed by atoms with Crippen LogP contribution in [0.4, 0.5) is 23.7 Å². The number of alkyl halides is 3. The number of anilines is 1. The Morgan fingerprint density at radius 1 is 1.12 bits per heavy atom. The van der Waals surface area contributed by atoms with Crippen LogP contribution in [0.3, 0.4) is 0 Å². The lowest BCUT2D eigenvalue weighted by Gasteiger charge is -2.43. The molecule has 3 aromatic rings. The average Bonchev–Trinajstić information content (AvgIpc) is 3.40. The molecule has 0 spiro atoms. The minimum absolute atomic E-state index is 0.0436. The van der Waals surface area contributed by atoms with E-state index in [1.54, 1.807) is 13.3 Å². The Bertz CT molecular complexity index is 1460. The topological polar surface area (TPSA) is 90.7 Å². The van der Waals surface area contributed by atoms with Crippen LogP contribution in [-0.2, 0) is 16.5 Å². The second-order valence-electron chi connectivity index (χ2n) is 10.7. The van der Waals surface area contributed by atoms with Crippen molar-refractivity contribution < 1.29 is 27.4 Å². The molecule has 11 heteroatoms. The molecule has 1 aromatic heterocycles. The van der Waals surface area contributed by atoms with Gasteiger partial charge in [0.25, 0.3) is 0 Å². The van der Waals surface area contributed by atoms with Gasteiger partial charge in [-0.1, -0.05) is 18.2 Å². The molecule has 8 nitrogen and oxygen atoms in total. The Labute approximate surface area is 242 Å². The van der Waals surface area contributed by atoms with Crippen molar-refractivity contribution in [2.24, 2.45) is 0 Å². The number of benzene rings is 2. The highest BCUT2D eigenvalue weighted by Gasteiger charge is 2.40. The first-order chi connectivity index (χ1) is 20.1. The van der Waals surface area contributed by atoms with E-state index in [4.69, 9.17) is 14.5 Å². The average molecular weight is 580 g/mol. The van der Waals surface area contributed by atoms with Gasteiger partial charge in [-0.05, 0) is 68.3 Å². The first-order valence-electron chi connectivity index (χ1n) is 13.8. The third-order valence-corrected chi connectivity index (χ3v) is 8.06. The molecular formula is C31H32F3N5O3. The summed E-state index contributed by atoms with van der Waals surface area (Å²) in [6.07, 6.45) is -1.93. The minimum atomic E-state index is -4.54. The van der Waals surface area contributed by atoms with Crippen molar-refractivity contribution in [3.8, 4) is 23.1 Å². The number of piperidine rings is 1. The van der Waals surface area contributed by atoms with Crippen LogP contribution in [0.2, 0.25) is 0 Å². The summed E-state index contributed by atoms with van der Waals surface area (Å²) in [6.45, 7) is 2.29. The summed E-state index contributed by atoms with van der Waals surface area (Å²) in [5.74, 6) is 0.689. The monoisotopic (exact) mass is 579 g/mol. The molecular weight excluding hydrogens is 547 g/mol. The van der Waals surface area contributed by atoms with Gasteiger partial charge in [0.05, 0.1) is 35.2 Å². The molecule has 3 heterocycles. The number of likely N-dealkylation sites (N-methyl/N-ethyl adjacent to an activating group) is 1. The fraction of sp³-hybridized carbons (Fsp3) is 0.387. The van der Waals surface area contributed by atoms with Crippen LogP contribution in [0.25, 0.3) is 11.3 Å². The van der Waals surface area contributed by atoms with Gasteiger partial charge in [0.1, 0.15) is 17.9 Å². The van der Waals surface area contributed by atoms with Gasteiger partial charge in [0.15, 0.2) is 0 Å². The number of hydrogen-bond donors (Lipinski definition) is 1. The van der Waals surface area contributed by atoms with E-state index in [9.17, 15) is 23.2 Å². The Morgan fingerprint density at radius 2 is 1.88 bits per heavy atom. The van der Waals surface area contributed by atoms with E-state index in [0.29, 0.717) is 49.6 Å². The minimum Gasteiger partial charge on any atom is -0.496 e. The predicted molar refractivity (Wildman–Crippen MR) is 151 cm³/mol. The molecule has 1 amide bonds. The number of carbonyl (C=O) groups is 1. The first-order valence-corrected chi connectivity index (χ1v) is 13.8. The van der Waals surface area contributed by atoms with Gasteiger partial charge in [0, 0.05) is 37.9 Å². The third kappa shape index (κ3) is 6.14. The van der Waals surface area contributed by atoms with E-state index >= 15 is 0 Å². The number of rotatable bonds is 6. The van der Waals surface area contributed by atoms with Crippen molar-refractivity contribution in [3.63, 3.8) is 0 Å². The summed E-state index contributed by atoms with van der Waals surface area (Å²) in [5.41, 5.74) is 1.02. The summed E-state index contributed by atoms with van der Waals surface area (Å²) in [7, 11) is 3.58. The van der Waals surface area contributed by atoms with Gasteiger partial charge in [-0.25, -0.2) is 4.79 Å². The number of para-hydroxylation sites is 1. The number of nitriles is 1. The van der Waals surface area contributed by atoms with Gasteiger partial charge in [-0.3, -0.25) is 4.98 Å². The number of amides is 1. The summed E-state index contributed by atoms with van der Waals surface area (Å²) in [5, 5.41) is 12.7. The molecule has 0 saturated carbocycles. The molecule has 0 radical (unpaired) electrons. The molecule has 220 valence electrons. The third-order valence-electron chi connectivity index (χ3n) is 8.06. The van der Waals surface area contributed by atoms with E-state index in [1.165, 1.54) is 6.07 Å². The SMILES string of the molecule is COc1ccccc1-c1ccc(C2(NC(=O)O[C@H]3CCN(C)C3)CCN(c3ccc(C(F)(F)F)cc3C#N)CC2)cn1. The first kappa shape index (κ1) is 29.2. The van der Waals surface area contributed by atoms with Crippen LogP contribution in [-0.4, -0.2) is 62.4 Å². The largest absolute Gasteiger partial charge is 0.496 e. The van der Waals surface area contributed by atoms with E-state index in [2.05, 4.69) is 10.2 Å². The van der Waals surface area contributed by atoms with Gasteiger partial charge >= 0.3 is 12.3 Å². The second kappa shape index (κ2) is 11.9. The van der Waals surface area contributed by atoms with Crippen molar-refractivity contribution in [3.05, 3.63) is 77.5 Å². The van der Waals surface area contributed by atoms with Gasteiger partial charge < -0.3 is 24.6 Å². The van der Waals surface area contributed by atoms with Crippen LogP contribution < -0.4 is 15.0 Å². The van der Waals surface area contributed by atoms with E-state index in [1.807, 2.05) is 54.4 Å². The maximum absolute atomic E-state index is 13.2. The van der Waals surface area contributed by atoms with Crippen LogP contribution >= 0.6 is 0 Å². The predicted octanol–water partition coefficient (Wildman–Crippen LogP) is 5.57. The standard InChI is InChI=1S/C31H32F3N5O3/c1-38-14-11-24(20-38)42-29(40)37-30(23-7-9-26(36-19-23)25-5-3-4-6-28(25)41-2)12-15-39(16-13-30)27-10-8-22(31(32,33)34)17-21(27)18-35/h3-10,17,19,24H,11-16,20H2,1-2H3,(H,37,40)/t24-/m0/s1. The molecule has 2 aromatic carbocycles. The van der Waals surface area contributed by atoms with Crippen LogP contribution in [0.5, 0.6) is 5.75 Å². The highest BCUT2D eigenvalue weighted by atomic mass is 19.4. The van der Waals surface area contributed by atoms with Crippen molar-refractivity contribution in [1.29, 1.82) is 5.26 Å². The summed E-state index contributed by atoms with van der Waals surface area (Å²) in [6, 6.07) is 16.5. The lowest BCUT2D eigenvalue weighted by Crippen LogP contribution is -2.54. The number of aromatic nitrogens is 1. The molecule has 42 heavy (non-hydrogen) atoms. The number of halogens is 3. The zero-order chi connectivity index (χ0) is 29.9. The number of carbonyl (C=O) groups excluding carboxylic acids is 1. The number of likely N-dealkylation sites (tertiary alicyclic amines) is 1. The molecule has 5 rings (SSSR count). The van der Waals surface area contributed by atoms with Crippen molar-refractivity contribution >= 4 is 11.8 Å². The van der Waals surface area contributed by atoms with E-state index in [-0.39, 0.29) is 11.7 Å². The molecule has 1 atom stereocenters. The smallest absolute Gasteiger partial charge is 0.416 e. The molecule has 2 aliphatic rings.